The van der Waals surface area contributed by atoms with Crippen molar-refractivity contribution in [1.82, 2.24) is 0 Å². The van der Waals surface area contributed by atoms with E-state index in [-0.39, 0.29) is 5.91 Å². The van der Waals surface area contributed by atoms with Crippen LogP contribution < -0.4 is 16.8 Å². The number of nitrogens with one attached hydrogen (secondary N) is 1. The first-order valence-corrected chi connectivity index (χ1v) is 6.10. The van der Waals surface area contributed by atoms with Crippen molar-refractivity contribution in [2.45, 2.75) is 6.54 Å². The van der Waals surface area contributed by atoms with E-state index in [1.807, 2.05) is 0 Å². The normalized spacial score (nSPS) is 10.1. The summed E-state index contributed by atoms with van der Waals surface area (Å²) in [5.74, 6) is -0.788. The molecule has 5 nitrogen and oxygen atoms in total. The van der Waals surface area contributed by atoms with E-state index in [1.165, 1.54) is 6.07 Å². The summed E-state index contributed by atoms with van der Waals surface area (Å²) in [6, 6.07) is 13.5. The van der Waals surface area contributed by atoms with Gasteiger partial charge in [0.1, 0.15) is 0 Å². The molecule has 0 atom stereocenters. The van der Waals surface area contributed by atoms with E-state index in [9.17, 15) is 9.59 Å². The molecule has 0 aliphatic heterocycles. The fourth-order valence-corrected chi connectivity index (χ4v) is 1.75. The zero-order chi connectivity index (χ0) is 14.5. The van der Waals surface area contributed by atoms with E-state index in [1.54, 1.807) is 42.5 Å². The van der Waals surface area contributed by atoms with Gasteiger partial charge >= 0.3 is 0 Å². The van der Waals surface area contributed by atoms with Crippen LogP contribution >= 0.6 is 0 Å². The third-order valence-corrected chi connectivity index (χ3v) is 2.86. The molecule has 102 valence electrons. The molecule has 0 saturated carbocycles. The topological polar surface area (TPSA) is 98.2 Å². The zero-order valence-corrected chi connectivity index (χ0v) is 10.8. The number of primary amides is 1. The summed E-state index contributed by atoms with van der Waals surface area (Å²) in [5.41, 5.74) is 13.0. The van der Waals surface area contributed by atoms with Gasteiger partial charge in [-0.2, -0.15) is 0 Å². The van der Waals surface area contributed by atoms with Crippen LogP contribution in [0.3, 0.4) is 0 Å². The Morgan fingerprint density at radius 3 is 2.30 bits per heavy atom. The number of hydrogen-bond donors (Lipinski definition) is 3. The first kappa shape index (κ1) is 13.8. The average molecular weight is 269 g/mol. The standard InChI is InChI=1S/C15H15N3O2/c16-9-10-4-6-11(7-5-10)15(20)18-13-3-1-2-12(8-13)14(17)19/h1-8H,9,16H2,(H2,17,19)(H,18,20). The van der Waals surface area contributed by atoms with Crippen molar-refractivity contribution in [2.75, 3.05) is 5.32 Å². The SMILES string of the molecule is NCc1ccc(C(=O)Nc2cccc(C(N)=O)c2)cc1. The van der Waals surface area contributed by atoms with Crippen molar-refractivity contribution in [3.05, 3.63) is 65.2 Å². The van der Waals surface area contributed by atoms with Crippen molar-refractivity contribution in [3.8, 4) is 0 Å². The van der Waals surface area contributed by atoms with Crippen molar-refractivity contribution >= 4 is 17.5 Å². The number of benzene rings is 2. The second-order valence-electron chi connectivity index (χ2n) is 4.30. The number of hydrogen-bond acceptors (Lipinski definition) is 3. The fraction of sp³-hybridized carbons (Fsp3) is 0.0667. The maximum atomic E-state index is 12.0. The molecule has 0 aliphatic carbocycles. The average Bonchev–Trinajstić information content (AvgIpc) is 2.47. The molecule has 0 saturated heterocycles. The van der Waals surface area contributed by atoms with Crippen molar-refractivity contribution in [3.63, 3.8) is 0 Å². The maximum absolute atomic E-state index is 12.0. The molecule has 0 aromatic heterocycles. The number of carbonyl (C=O) groups excluding carboxylic acids is 2. The molecule has 2 aromatic carbocycles. The molecule has 5 N–H and O–H groups in total. The molecule has 0 fully saturated rings. The van der Waals surface area contributed by atoms with E-state index in [4.69, 9.17) is 11.5 Å². The second-order valence-corrected chi connectivity index (χ2v) is 4.30. The van der Waals surface area contributed by atoms with E-state index < -0.39 is 5.91 Å². The Hall–Kier alpha value is -2.66. The predicted octanol–water partition coefficient (Wildman–Crippen LogP) is 1.50. The van der Waals surface area contributed by atoms with Crippen molar-refractivity contribution in [1.29, 1.82) is 0 Å². The van der Waals surface area contributed by atoms with Gasteiger partial charge in [0.2, 0.25) is 5.91 Å². The van der Waals surface area contributed by atoms with Crippen LogP contribution in [0.15, 0.2) is 48.5 Å². The molecular weight excluding hydrogens is 254 g/mol. The Labute approximate surface area is 116 Å². The molecule has 5 heteroatoms. The highest BCUT2D eigenvalue weighted by Gasteiger charge is 2.07. The van der Waals surface area contributed by atoms with Crippen LogP contribution in [-0.4, -0.2) is 11.8 Å². The molecule has 0 aliphatic rings. The van der Waals surface area contributed by atoms with Crippen molar-refractivity contribution in [2.24, 2.45) is 11.5 Å². The molecule has 0 spiro atoms. The van der Waals surface area contributed by atoms with Crippen LogP contribution in [0, 0.1) is 0 Å². The van der Waals surface area contributed by atoms with Crippen LogP contribution in [0.5, 0.6) is 0 Å². The third-order valence-electron chi connectivity index (χ3n) is 2.86. The summed E-state index contributed by atoms with van der Waals surface area (Å²) in [5, 5.41) is 2.71. The van der Waals surface area contributed by atoms with Gasteiger partial charge in [-0.1, -0.05) is 18.2 Å². The van der Waals surface area contributed by atoms with Gasteiger partial charge in [-0.15, -0.1) is 0 Å². The first-order chi connectivity index (χ1) is 9.60. The maximum Gasteiger partial charge on any atom is 0.255 e. The molecule has 20 heavy (non-hydrogen) atoms. The highest BCUT2D eigenvalue weighted by molar-refractivity contribution is 6.05. The smallest absolute Gasteiger partial charge is 0.255 e. The van der Waals surface area contributed by atoms with E-state index in [0.717, 1.165) is 5.56 Å². The minimum Gasteiger partial charge on any atom is -0.366 e. The lowest BCUT2D eigenvalue weighted by Crippen LogP contribution is -2.14. The lowest BCUT2D eigenvalue weighted by Gasteiger charge is -2.07. The number of nitrogens with two attached hydrogens (primary N) is 2. The van der Waals surface area contributed by atoms with Gasteiger partial charge in [-0.3, -0.25) is 9.59 Å². The van der Waals surface area contributed by atoms with Crippen molar-refractivity contribution < 1.29 is 9.59 Å². The second kappa shape index (κ2) is 5.99. The van der Waals surface area contributed by atoms with E-state index in [2.05, 4.69) is 5.32 Å². The Bertz CT molecular complexity index is 636. The van der Waals surface area contributed by atoms with Gasteiger partial charge in [0.25, 0.3) is 5.91 Å². The van der Waals surface area contributed by atoms with Gasteiger partial charge in [0, 0.05) is 23.4 Å². The molecule has 0 unspecified atom stereocenters. The van der Waals surface area contributed by atoms with Gasteiger partial charge in [0.05, 0.1) is 0 Å². The summed E-state index contributed by atoms with van der Waals surface area (Å²) < 4.78 is 0. The number of rotatable bonds is 4. The molecule has 0 heterocycles. The van der Waals surface area contributed by atoms with Crippen LogP contribution in [0.25, 0.3) is 0 Å². The third kappa shape index (κ3) is 3.21. The predicted molar refractivity (Wildman–Crippen MR) is 77.2 cm³/mol. The monoisotopic (exact) mass is 269 g/mol. The van der Waals surface area contributed by atoms with Gasteiger partial charge in [-0.25, -0.2) is 0 Å². The van der Waals surface area contributed by atoms with Gasteiger partial charge in [0.15, 0.2) is 0 Å². The number of anilines is 1. The summed E-state index contributed by atoms with van der Waals surface area (Å²) in [7, 11) is 0. The Morgan fingerprint density at radius 2 is 1.70 bits per heavy atom. The Balaban J connectivity index is 2.14. The van der Waals surface area contributed by atoms with Crippen LogP contribution in [-0.2, 0) is 6.54 Å². The molecule has 2 rings (SSSR count). The van der Waals surface area contributed by atoms with Crippen LogP contribution in [0.2, 0.25) is 0 Å². The molecule has 2 amide bonds. The summed E-state index contributed by atoms with van der Waals surface area (Å²) in [6.07, 6.45) is 0. The van der Waals surface area contributed by atoms with Crippen LogP contribution in [0.4, 0.5) is 5.69 Å². The number of amides is 2. The summed E-state index contributed by atoms with van der Waals surface area (Å²) in [4.78, 5) is 23.1. The summed E-state index contributed by atoms with van der Waals surface area (Å²) in [6.45, 7) is 0.433. The highest BCUT2D eigenvalue weighted by atomic mass is 16.2. The fourth-order valence-electron chi connectivity index (χ4n) is 1.75. The summed E-state index contributed by atoms with van der Waals surface area (Å²) >= 11 is 0. The highest BCUT2D eigenvalue weighted by Crippen LogP contribution is 2.12. The Kier molecular flexibility index (Phi) is 4.12. The Morgan fingerprint density at radius 1 is 1.00 bits per heavy atom. The number of carbonyl (C=O) groups is 2. The van der Waals surface area contributed by atoms with Crippen LogP contribution in [0.1, 0.15) is 26.3 Å². The minimum absolute atomic E-state index is 0.254. The lowest BCUT2D eigenvalue weighted by molar-refractivity contribution is 0.0996. The zero-order valence-electron chi connectivity index (χ0n) is 10.8. The molecule has 2 aromatic rings. The quantitative estimate of drug-likeness (QED) is 0.784. The van der Waals surface area contributed by atoms with Gasteiger partial charge in [-0.05, 0) is 35.9 Å². The van der Waals surface area contributed by atoms with E-state index >= 15 is 0 Å². The molecule has 0 bridgehead atoms. The minimum atomic E-state index is -0.534. The lowest BCUT2D eigenvalue weighted by atomic mass is 10.1. The van der Waals surface area contributed by atoms with Gasteiger partial charge < -0.3 is 16.8 Å². The molecular formula is C15H15N3O2. The molecule has 0 radical (unpaired) electrons. The largest absolute Gasteiger partial charge is 0.366 e. The first-order valence-electron chi connectivity index (χ1n) is 6.10. The van der Waals surface area contributed by atoms with E-state index in [0.29, 0.717) is 23.4 Å².